The third-order valence-electron chi connectivity index (χ3n) is 3.42. The van der Waals surface area contributed by atoms with Crippen molar-refractivity contribution in [1.29, 1.82) is 0 Å². The van der Waals surface area contributed by atoms with E-state index in [-0.39, 0.29) is 24.4 Å². The molecule has 3 nitrogen and oxygen atoms in total. The van der Waals surface area contributed by atoms with Crippen molar-refractivity contribution in [2.75, 3.05) is 13.6 Å². The van der Waals surface area contributed by atoms with E-state index in [0.717, 1.165) is 16.5 Å². The van der Waals surface area contributed by atoms with Gasteiger partial charge in [0.05, 0.1) is 0 Å². The number of hydrogen-bond donors (Lipinski definition) is 1. The monoisotopic (exact) mass is 362 g/mol. The first kappa shape index (κ1) is 19.4. The Morgan fingerprint density at radius 1 is 1.40 bits per heavy atom. The molecule has 20 heavy (non-hydrogen) atoms. The average molecular weight is 364 g/mol. The SMILES string of the molecule is Cc1ccc(C(=O)N(C)CCC(N)C(C)C)cc1Br.Cl. The van der Waals surface area contributed by atoms with E-state index in [1.807, 2.05) is 32.2 Å². The van der Waals surface area contributed by atoms with E-state index in [1.54, 1.807) is 4.90 Å². The van der Waals surface area contributed by atoms with Gasteiger partial charge in [-0.3, -0.25) is 4.79 Å². The lowest BCUT2D eigenvalue weighted by Gasteiger charge is -2.21. The summed E-state index contributed by atoms with van der Waals surface area (Å²) >= 11 is 3.45. The van der Waals surface area contributed by atoms with Gasteiger partial charge in [0.1, 0.15) is 0 Å². The number of nitrogens with zero attached hydrogens (tertiary/aromatic N) is 1. The molecule has 114 valence electrons. The number of hydrogen-bond acceptors (Lipinski definition) is 2. The highest BCUT2D eigenvalue weighted by Crippen LogP contribution is 2.18. The van der Waals surface area contributed by atoms with Gasteiger partial charge in [0.2, 0.25) is 0 Å². The van der Waals surface area contributed by atoms with Gasteiger partial charge >= 0.3 is 0 Å². The van der Waals surface area contributed by atoms with Gasteiger partial charge in [0, 0.05) is 29.7 Å². The minimum Gasteiger partial charge on any atom is -0.342 e. The number of carbonyl (C=O) groups excluding carboxylic acids is 1. The van der Waals surface area contributed by atoms with Crippen LogP contribution in [-0.4, -0.2) is 30.4 Å². The molecule has 0 aromatic heterocycles. The van der Waals surface area contributed by atoms with Crippen LogP contribution in [0.2, 0.25) is 0 Å². The molecule has 0 aliphatic rings. The topological polar surface area (TPSA) is 46.3 Å². The highest BCUT2D eigenvalue weighted by molar-refractivity contribution is 9.10. The van der Waals surface area contributed by atoms with Gasteiger partial charge in [-0.15, -0.1) is 12.4 Å². The molecule has 0 spiro atoms. The Morgan fingerprint density at radius 3 is 2.50 bits per heavy atom. The summed E-state index contributed by atoms with van der Waals surface area (Å²) in [5.41, 5.74) is 7.83. The van der Waals surface area contributed by atoms with Gasteiger partial charge in [-0.1, -0.05) is 35.8 Å². The van der Waals surface area contributed by atoms with Gasteiger partial charge in [0.15, 0.2) is 0 Å². The summed E-state index contributed by atoms with van der Waals surface area (Å²) in [5, 5.41) is 0. The van der Waals surface area contributed by atoms with Crippen LogP contribution in [0.1, 0.15) is 36.2 Å². The molecular weight excluding hydrogens is 340 g/mol. The van der Waals surface area contributed by atoms with Crippen LogP contribution in [-0.2, 0) is 0 Å². The van der Waals surface area contributed by atoms with Crippen molar-refractivity contribution in [2.24, 2.45) is 11.7 Å². The van der Waals surface area contributed by atoms with Gasteiger partial charge < -0.3 is 10.6 Å². The van der Waals surface area contributed by atoms with Crippen molar-refractivity contribution in [2.45, 2.75) is 33.2 Å². The Kier molecular flexibility index (Phi) is 8.40. The summed E-state index contributed by atoms with van der Waals surface area (Å²) in [6, 6.07) is 5.82. The van der Waals surface area contributed by atoms with Crippen molar-refractivity contribution in [3.8, 4) is 0 Å². The Hall–Kier alpha value is -0.580. The van der Waals surface area contributed by atoms with Crippen molar-refractivity contribution in [3.63, 3.8) is 0 Å². The number of nitrogens with two attached hydrogens (primary N) is 1. The molecular formula is C15H24BrClN2O. The second kappa shape index (κ2) is 8.65. The highest BCUT2D eigenvalue weighted by atomic mass is 79.9. The Balaban J connectivity index is 0.00000361. The van der Waals surface area contributed by atoms with Crippen molar-refractivity contribution >= 4 is 34.2 Å². The molecule has 1 aromatic rings. The van der Waals surface area contributed by atoms with Crippen LogP contribution in [0.4, 0.5) is 0 Å². The van der Waals surface area contributed by atoms with Crippen LogP contribution in [0.15, 0.2) is 22.7 Å². The highest BCUT2D eigenvalue weighted by Gasteiger charge is 2.15. The predicted octanol–water partition coefficient (Wildman–Crippen LogP) is 3.62. The molecule has 0 saturated carbocycles. The Morgan fingerprint density at radius 2 is 2.00 bits per heavy atom. The molecule has 1 unspecified atom stereocenters. The fourth-order valence-electron chi connectivity index (χ4n) is 1.72. The van der Waals surface area contributed by atoms with E-state index in [1.165, 1.54) is 0 Å². The lowest BCUT2D eigenvalue weighted by Crippen LogP contribution is -2.34. The molecule has 0 heterocycles. The molecule has 1 atom stereocenters. The van der Waals surface area contributed by atoms with E-state index in [4.69, 9.17) is 5.73 Å². The van der Waals surface area contributed by atoms with E-state index in [9.17, 15) is 4.79 Å². The zero-order valence-corrected chi connectivity index (χ0v) is 14.9. The lowest BCUT2D eigenvalue weighted by molar-refractivity contribution is 0.0789. The molecule has 5 heteroatoms. The maximum absolute atomic E-state index is 12.3. The lowest BCUT2D eigenvalue weighted by atomic mass is 10.0. The summed E-state index contributed by atoms with van der Waals surface area (Å²) in [7, 11) is 1.82. The first-order chi connectivity index (χ1) is 8.82. The van der Waals surface area contributed by atoms with Crippen molar-refractivity contribution < 1.29 is 4.79 Å². The maximum atomic E-state index is 12.3. The summed E-state index contributed by atoms with van der Waals surface area (Å²) in [5.74, 6) is 0.480. The Bertz CT molecular complexity index is 451. The maximum Gasteiger partial charge on any atom is 0.253 e. The molecule has 0 fully saturated rings. The number of benzene rings is 1. The molecule has 0 aliphatic heterocycles. The van der Waals surface area contributed by atoms with Crippen LogP contribution in [0.3, 0.4) is 0 Å². The number of carbonyl (C=O) groups is 1. The molecule has 0 saturated heterocycles. The summed E-state index contributed by atoms with van der Waals surface area (Å²) in [4.78, 5) is 14.0. The van der Waals surface area contributed by atoms with E-state index in [2.05, 4.69) is 29.8 Å². The van der Waals surface area contributed by atoms with Crippen LogP contribution < -0.4 is 5.73 Å². The second-order valence-electron chi connectivity index (χ2n) is 5.39. The van der Waals surface area contributed by atoms with Gasteiger partial charge in [-0.25, -0.2) is 0 Å². The van der Waals surface area contributed by atoms with Crippen LogP contribution in [0.5, 0.6) is 0 Å². The molecule has 1 amide bonds. The first-order valence-electron chi connectivity index (χ1n) is 6.60. The zero-order chi connectivity index (χ0) is 14.6. The normalized spacial score (nSPS) is 11.9. The number of rotatable bonds is 5. The fourth-order valence-corrected chi connectivity index (χ4v) is 2.10. The molecule has 0 radical (unpaired) electrons. The van der Waals surface area contributed by atoms with E-state index >= 15 is 0 Å². The summed E-state index contributed by atoms with van der Waals surface area (Å²) in [6.45, 7) is 6.89. The average Bonchev–Trinajstić information content (AvgIpc) is 2.37. The van der Waals surface area contributed by atoms with Gasteiger partial charge in [-0.2, -0.15) is 0 Å². The number of aryl methyl sites for hydroxylation is 1. The van der Waals surface area contributed by atoms with Crippen LogP contribution in [0, 0.1) is 12.8 Å². The molecule has 1 rings (SSSR count). The van der Waals surface area contributed by atoms with E-state index < -0.39 is 0 Å². The fraction of sp³-hybridized carbons (Fsp3) is 0.533. The molecule has 1 aromatic carbocycles. The van der Waals surface area contributed by atoms with Gasteiger partial charge in [-0.05, 0) is 37.0 Å². The van der Waals surface area contributed by atoms with Crippen LogP contribution in [0.25, 0.3) is 0 Å². The quantitative estimate of drug-likeness (QED) is 0.868. The minimum atomic E-state index is 0. The van der Waals surface area contributed by atoms with Gasteiger partial charge in [0.25, 0.3) is 5.91 Å². The largest absolute Gasteiger partial charge is 0.342 e. The molecule has 0 aliphatic carbocycles. The standard InChI is InChI=1S/C15H23BrN2O.ClH/c1-10(2)14(17)7-8-18(4)15(19)12-6-5-11(3)13(16)9-12;/h5-6,9-10,14H,7-8,17H2,1-4H3;1H. The Labute approximate surface area is 136 Å². The number of halogens is 2. The second-order valence-corrected chi connectivity index (χ2v) is 6.24. The smallest absolute Gasteiger partial charge is 0.253 e. The third-order valence-corrected chi connectivity index (χ3v) is 4.27. The molecule has 0 bridgehead atoms. The minimum absolute atomic E-state index is 0. The molecule has 2 N–H and O–H groups in total. The zero-order valence-electron chi connectivity index (χ0n) is 12.5. The summed E-state index contributed by atoms with van der Waals surface area (Å²) in [6.07, 6.45) is 0.826. The van der Waals surface area contributed by atoms with Crippen molar-refractivity contribution in [3.05, 3.63) is 33.8 Å². The van der Waals surface area contributed by atoms with Crippen LogP contribution >= 0.6 is 28.3 Å². The first-order valence-corrected chi connectivity index (χ1v) is 7.39. The summed E-state index contributed by atoms with van der Waals surface area (Å²) < 4.78 is 0.964. The van der Waals surface area contributed by atoms with Crippen molar-refractivity contribution in [1.82, 2.24) is 4.90 Å². The third kappa shape index (κ3) is 5.43. The predicted molar refractivity (Wildman–Crippen MR) is 90.5 cm³/mol. The van der Waals surface area contributed by atoms with E-state index in [0.29, 0.717) is 18.0 Å². The number of amides is 1.